The molecule has 0 saturated heterocycles. The zero-order valence-corrected chi connectivity index (χ0v) is 25.2. The van der Waals surface area contributed by atoms with Crippen molar-refractivity contribution in [3.63, 3.8) is 0 Å². The zero-order valence-electron chi connectivity index (χ0n) is 25.2. The highest BCUT2D eigenvalue weighted by Crippen LogP contribution is 2.37. The van der Waals surface area contributed by atoms with Gasteiger partial charge >= 0.3 is 24.2 Å². The fraction of sp³-hybridized carbons (Fsp3) is 0.515. The van der Waals surface area contributed by atoms with Crippen LogP contribution in [0, 0.1) is 39.5 Å². The Bertz CT molecular complexity index is 1200. The van der Waals surface area contributed by atoms with E-state index >= 15 is 0 Å². The van der Waals surface area contributed by atoms with Crippen LogP contribution < -0.4 is 0 Å². The van der Waals surface area contributed by atoms with Crippen molar-refractivity contribution in [3.05, 3.63) is 69.8 Å². The molecule has 2 aromatic carbocycles. The fourth-order valence-corrected chi connectivity index (χ4v) is 5.93. The number of carbonyl (C=O) groups excluding carboxylic acids is 4. The van der Waals surface area contributed by atoms with E-state index in [9.17, 15) is 19.2 Å². The molecule has 2 aromatic rings. The predicted octanol–water partition coefficient (Wildman–Crippen LogP) is 7.58. The number of carbonyl (C=O) groups is 4. The Hall–Kier alpha value is -4.08. The van der Waals surface area contributed by atoms with E-state index in [0.717, 1.165) is 80.0 Å². The first-order chi connectivity index (χ1) is 20.6. The molecule has 2 aliphatic carbocycles. The molecular weight excluding hydrogens is 556 g/mol. The van der Waals surface area contributed by atoms with Gasteiger partial charge in [0.05, 0.1) is 11.1 Å². The third-order valence-corrected chi connectivity index (χ3v) is 8.80. The van der Waals surface area contributed by atoms with Gasteiger partial charge in [-0.05, 0) is 132 Å². The van der Waals surface area contributed by atoms with E-state index in [1.807, 2.05) is 26.0 Å². The van der Waals surface area contributed by atoms with Crippen LogP contribution in [0.25, 0.3) is 0 Å². The van der Waals surface area contributed by atoms with E-state index in [4.69, 9.17) is 19.2 Å². The van der Waals surface area contributed by atoms with Crippen LogP contribution in [0.3, 0.4) is 0 Å². The maximum atomic E-state index is 12.2. The summed E-state index contributed by atoms with van der Waals surface area (Å²) in [5, 5.41) is 0. The van der Waals surface area contributed by atoms with Gasteiger partial charge in [0, 0.05) is 0 Å². The Morgan fingerprint density at radius 2 is 0.930 bits per heavy atom. The molecule has 0 bridgehead atoms. The summed E-state index contributed by atoms with van der Waals surface area (Å²) >= 11 is 0. The molecule has 0 aliphatic heterocycles. The van der Waals surface area contributed by atoms with Crippen molar-refractivity contribution in [2.24, 2.45) is 11.8 Å². The molecule has 43 heavy (non-hydrogen) atoms. The van der Waals surface area contributed by atoms with Crippen LogP contribution in [-0.2, 0) is 29.0 Å². The van der Waals surface area contributed by atoms with E-state index in [1.54, 1.807) is 38.1 Å². The number of benzene rings is 2. The topological polar surface area (TPSA) is 124 Å². The third-order valence-electron chi connectivity index (χ3n) is 8.80. The normalized spacial score (nSPS) is 21.7. The molecule has 10 nitrogen and oxygen atoms in total. The molecule has 0 atom stereocenters. The van der Waals surface area contributed by atoms with E-state index in [2.05, 4.69) is 9.78 Å². The van der Waals surface area contributed by atoms with Gasteiger partial charge in [0.25, 0.3) is 0 Å². The molecule has 232 valence electrons. The van der Waals surface area contributed by atoms with Crippen molar-refractivity contribution in [1.29, 1.82) is 0 Å². The highest BCUT2D eigenvalue weighted by atomic mass is 17.2. The van der Waals surface area contributed by atoms with Crippen molar-refractivity contribution in [2.45, 2.75) is 97.7 Å². The molecular formula is C33H40O10. The van der Waals surface area contributed by atoms with Gasteiger partial charge in [0.1, 0.15) is 12.2 Å². The number of hydrogen-bond donors (Lipinski definition) is 0. The minimum atomic E-state index is -1.01. The van der Waals surface area contributed by atoms with Crippen LogP contribution in [0.2, 0.25) is 0 Å². The van der Waals surface area contributed by atoms with Crippen LogP contribution in [-0.4, -0.2) is 36.5 Å². The summed E-state index contributed by atoms with van der Waals surface area (Å²) in [6.45, 7) is 7.36. The summed E-state index contributed by atoms with van der Waals surface area (Å²) in [5.74, 6) is -0.434. The van der Waals surface area contributed by atoms with Crippen LogP contribution in [0.4, 0.5) is 9.59 Å². The molecule has 10 heteroatoms. The molecule has 0 heterocycles. The molecule has 0 aromatic heterocycles. The summed E-state index contributed by atoms with van der Waals surface area (Å²) in [5.41, 5.74) is 4.07. The second-order valence-electron chi connectivity index (χ2n) is 11.7. The Morgan fingerprint density at radius 1 is 0.558 bits per heavy atom. The van der Waals surface area contributed by atoms with Gasteiger partial charge in [-0.25, -0.2) is 29.1 Å². The molecule has 2 fully saturated rings. The first-order valence-electron chi connectivity index (χ1n) is 14.9. The number of hydrogen-bond acceptors (Lipinski definition) is 10. The smallest absolute Gasteiger partial charge is 0.428 e. The standard InChI is InChI=1S/C33H40O10/c1-20-7-5-9-28(22(20)3)30(34)40-42-32(36)38-26-15-11-24(12-16-26)19-25-13-17-27(18-14-25)39-33(37)43-41-31(35)29-10-6-8-21(2)23(29)4/h5-10,24-27H,11-19H2,1-4H3. The lowest BCUT2D eigenvalue weighted by Crippen LogP contribution is -2.28. The first-order valence-corrected chi connectivity index (χ1v) is 14.9. The summed E-state index contributed by atoms with van der Waals surface area (Å²) < 4.78 is 10.7. The average molecular weight is 597 g/mol. The average Bonchev–Trinajstić information content (AvgIpc) is 2.99. The van der Waals surface area contributed by atoms with Gasteiger partial charge in [-0.2, -0.15) is 9.59 Å². The monoisotopic (exact) mass is 596 g/mol. The number of rotatable bonds is 6. The van der Waals surface area contributed by atoms with Crippen molar-refractivity contribution in [3.8, 4) is 0 Å². The highest BCUT2D eigenvalue weighted by molar-refractivity contribution is 5.91. The molecule has 4 rings (SSSR count). The first kappa shape index (κ1) is 31.8. The molecule has 2 aliphatic rings. The van der Waals surface area contributed by atoms with Crippen molar-refractivity contribution < 1.29 is 48.2 Å². The molecule has 0 radical (unpaired) electrons. The fourth-order valence-electron chi connectivity index (χ4n) is 5.93. The maximum absolute atomic E-state index is 12.2. The summed E-state index contributed by atoms with van der Waals surface area (Å²) in [7, 11) is 0. The van der Waals surface area contributed by atoms with E-state index in [1.165, 1.54) is 0 Å². The van der Waals surface area contributed by atoms with Gasteiger partial charge in [-0.15, -0.1) is 0 Å². The second kappa shape index (κ2) is 14.9. The van der Waals surface area contributed by atoms with Gasteiger partial charge in [0.2, 0.25) is 0 Å². The largest absolute Gasteiger partial charge is 0.550 e. The van der Waals surface area contributed by atoms with Gasteiger partial charge in [0.15, 0.2) is 0 Å². The van der Waals surface area contributed by atoms with Crippen LogP contribution in [0.1, 0.15) is 101 Å². The predicted molar refractivity (Wildman–Crippen MR) is 154 cm³/mol. The van der Waals surface area contributed by atoms with Crippen LogP contribution >= 0.6 is 0 Å². The SMILES string of the molecule is Cc1cccc(C(=O)OOC(=O)OC2CCC(CC3CCC(OC(=O)OOC(=O)c4cccc(C)c4C)CC3)CC2)c1C. The quantitative estimate of drug-likeness (QED) is 0.187. The Labute approximate surface area is 251 Å². The minimum absolute atomic E-state index is 0.276. The van der Waals surface area contributed by atoms with E-state index in [-0.39, 0.29) is 12.2 Å². The molecule has 0 unspecified atom stereocenters. The summed E-state index contributed by atoms with van der Waals surface area (Å²) in [6.07, 6.45) is 5.06. The lowest BCUT2D eigenvalue weighted by molar-refractivity contribution is -0.208. The maximum Gasteiger partial charge on any atom is 0.550 e. The number of ether oxygens (including phenoxy) is 2. The highest BCUT2D eigenvalue weighted by Gasteiger charge is 2.30. The van der Waals surface area contributed by atoms with Crippen LogP contribution in [0.5, 0.6) is 0 Å². The zero-order chi connectivity index (χ0) is 30.9. The molecule has 0 amide bonds. The van der Waals surface area contributed by atoms with Crippen molar-refractivity contribution in [1.82, 2.24) is 0 Å². The van der Waals surface area contributed by atoms with E-state index < -0.39 is 24.2 Å². The van der Waals surface area contributed by atoms with Crippen molar-refractivity contribution in [2.75, 3.05) is 0 Å². The molecule has 0 spiro atoms. The Kier molecular flexibility index (Phi) is 11.0. The third kappa shape index (κ3) is 8.95. The van der Waals surface area contributed by atoms with Crippen molar-refractivity contribution >= 4 is 24.2 Å². The summed E-state index contributed by atoms with van der Waals surface area (Å²) in [6, 6.07) is 10.5. The second-order valence-corrected chi connectivity index (χ2v) is 11.7. The number of aryl methyl sites for hydroxylation is 2. The Balaban J connectivity index is 1.08. The molecule has 0 N–H and O–H groups in total. The van der Waals surface area contributed by atoms with Gasteiger partial charge in [-0.1, -0.05) is 24.3 Å². The minimum Gasteiger partial charge on any atom is -0.428 e. The van der Waals surface area contributed by atoms with E-state index in [0.29, 0.717) is 23.0 Å². The molecule has 2 saturated carbocycles. The summed E-state index contributed by atoms with van der Waals surface area (Å²) in [4.78, 5) is 67.3. The van der Waals surface area contributed by atoms with Gasteiger partial charge < -0.3 is 9.47 Å². The van der Waals surface area contributed by atoms with Crippen LogP contribution in [0.15, 0.2) is 36.4 Å². The lowest BCUT2D eigenvalue weighted by Gasteiger charge is -2.33. The lowest BCUT2D eigenvalue weighted by atomic mass is 9.76. The van der Waals surface area contributed by atoms with Gasteiger partial charge in [-0.3, -0.25) is 0 Å². The Morgan fingerprint density at radius 3 is 1.30 bits per heavy atom.